The molecule has 6 nitrogen and oxygen atoms in total. The van der Waals surface area contributed by atoms with Crippen molar-refractivity contribution in [3.05, 3.63) is 56.9 Å². The molecule has 0 saturated carbocycles. The Balaban J connectivity index is 2.15. The maximum atomic E-state index is 12.8. The van der Waals surface area contributed by atoms with E-state index in [2.05, 4.69) is 20.1 Å². The van der Waals surface area contributed by atoms with Gasteiger partial charge >= 0.3 is 6.18 Å². The van der Waals surface area contributed by atoms with Gasteiger partial charge in [-0.3, -0.25) is 4.79 Å². The molecule has 0 unspecified atom stereocenters. The molecule has 1 N–H and O–H groups in total. The molecule has 0 bridgehead atoms. The van der Waals surface area contributed by atoms with Crippen molar-refractivity contribution in [2.45, 2.75) is 26.4 Å². The van der Waals surface area contributed by atoms with Crippen LogP contribution < -0.4 is 5.56 Å². The minimum atomic E-state index is -4.56. The summed E-state index contributed by atoms with van der Waals surface area (Å²) >= 11 is 5.97. The first kappa shape index (κ1) is 18.1. The third kappa shape index (κ3) is 3.34. The van der Waals surface area contributed by atoms with E-state index in [1.54, 1.807) is 0 Å². The molecule has 136 valence electrons. The van der Waals surface area contributed by atoms with Crippen LogP contribution in [0.1, 0.15) is 25.2 Å². The molecule has 3 aromatic heterocycles. The van der Waals surface area contributed by atoms with Crippen LogP contribution in [-0.2, 0) is 12.6 Å². The molecule has 3 rings (SSSR count). The average Bonchev–Trinajstić information content (AvgIpc) is 2.98. The van der Waals surface area contributed by atoms with Gasteiger partial charge < -0.3 is 4.98 Å². The van der Waals surface area contributed by atoms with Gasteiger partial charge in [0.25, 0.3) is 5.56 Å². The van der Waals surface area contributed by atoms with E-state index in [0.717, 1.165) is 16.3 Å². The summed E-state index contributed by atoms with van der Waals surface area (Å²) in [7, 11) is 0. The van der Waals surface area contributed by atoms with Crippen LogP contribution >= 0.6 is 11.6 Å². The maximum absolute atomic E-state index is 12.8. The van der Waals surface area contributed by atoms with Gasteiger partial charge in [-0.15, -0.1) is 0 Å². The lowest BCUT2D eigenvalue weighted by atomic mass is 10.2. The fraction of sp³-hybridized carbons (Fsp3) is 0.250. The summed E-state index contributed by atoms with van der Waals surface area (Å²) < 4.78 is 39.5. The lowest BCUT2D eigenvalue weighted by molar-refractivity contribution is -0.137. The van der Waals surface area contributed by atoms with Gasteiger partial charge in [0.2, 0.25) is 0 Å². The first-order valence-electron chi connectivity index (χ1n) is 7.52. The van der Waals surface area contributed by atoms with E-state index in [4.69, 9.17) is 11.6 Å². The van der Waals surface area contributed by atoms with Gasteiger partial charge in [-0.25, -0.2) is 9.97 Å². The van der Waals surface area contributed by atoms with Gasteiger partial charge in [-0.05, 0) is 19.9 Å². The smallest absolute Gasteiger partial charge is 0.310 e. The number of H-pyrrole nitrogens is 1. The number of fused-ring (bicyclic) bond motifs is 1. The van der Waals surface area contributed by atoms with Crippen molar-refractivity contribution in [1.82, 2.24) is 24.7 Å². The zero-order valence-electron chi connectivity index (χ0n) is 13.7. The molecule has 3 aromatic rings. The average molecular weight is 384 g/mol. The van der Waals surface area contributed by atoms with Crippen molar-refractivity contribution in [2.24, 2.45) is 0 Å². The fourth-order valence-electron chi connectivity index (χ4n) is 2.31. The Morgan fingerprint density at radius 3 is 2.73 bits per heavy atom. The zero-order valence-corrected chi connectivity index (χ0v) is 14.5. The number of hydrogen-bond acceptors (Lipinski definition) is 4. The van der Waals surface area contributed by atoms with E-state index < -0.39 is 17.3 Å². The number of nitrogens with zero attached hydrogens (tertiary/aromatic N) is 4. The maximum Gasteiger partial charge on any atom is 0.417 e. The third-order valence-electron chi connectivity index (χ3n) is 3.78. The van der Waals surface area contributed by atoms with Gasteiger partial charge in [0, 0.05) is 12.6 Å². The molecule has 0 aromatic carbocycles. The highest BCUT2D eigenvalue weighted by atomic mass is 35.5. The molecule has 0 aliphatic heterocycles. The molecule has 26 heavy (non-hydrogen) atoms. The molecule has 0 fully saturated rings. The predicted molar refractivity (Wildman–Crippen MR) is 90.4 cm³/mol. The number of alkyl halides is 3. The summed E-state index contributed by atoms with van der Waals surface area (Å²) in [5.41, 5.74) is -0.216. The standard InChI is InChI=1S/C16H13ClF3N5O/c1-3-8(2)4-12-23-13-10(15(26)24-12)7-22-25(13)14-11(17)5-9(6-21-14)16(18,19)20/h3,5-7H,4H2,1-2H3,(H,23,24,26)/b8-3+. The number of allylic oxidation sites excluding steroid dienone is 2. The first-order valence-corrected chi connectivity index (χ1v) is 7.90. The molecule has 0 radical (unpaired) electrons. The molecule has 3 heterocycles. The van der Waals surface area contributed by atoms with Crippen LogP contribution in [0.2, 0.25) is 5.02 Å². The zero-order chi connectivity index (χ0) is 19.1. The predicted octanol–water partition coefficient (Wildman–Crippen LogP) is 3.68. The summed E-state index contributed by atoms with van der Waals surface area (Å²) in [4.78, 5) is 23.0. The van der Waals surface area contributed by atoms with Gasteiger partial charge in [-0.1, -0.05) is 23.3 Å². The first-order chi connectivity index (χ1) is 12.2. The van der Waals surface area contributed by atoms with Crippen molar-refractivity contribution in [1.29, 1.82) is 0 Å². The lowest BCUT2D eigenvalue weighted by Crippen LogP contribution is -2.13. The lowest BCUT2D eigenvalue weighted by Gasteiger charge is -2.09. The Morgan fingerprint density at radius 2 is 2.12 bits per heavy atom. The number of aromatic amines is 1. The van der Waals surface area contributed by atoms with E-state index >= 15 is 0 Å². The van der Waals surface area contributed by atoms with Crippen LogP contribution in [0.4, 0.5) is 13.2 Å². The Labute approximate surface area is 150 Å². The van der Waals surface area contributed by atoms with Gasteiger partial charge in [0.1, 0.15) is 11.2 Å². The Hall–Kier alpha value is -2.68. The summed E-state index contributed by atoms with van der Waals surface area (Å²) in [5.74, 6) is 0.365. The van der Waals surface area contributed by atoms with Crippen LogP contribution in [0, 0.1) is 0 Å². The molecular formula is C16H13ClF3N5O. The molecular weight excluding hydrogens is 371 g/mol. The van der Waals surface area contributed by atoms with E-state index in [0.29, 0.717) is 18.4 Å². The fourth-order valence-corrected chi connectivity index (χ4v) is 2.56. The van der Waals surface area contributed by atoms with Crippen LogP contribution in [-0.4, -0.2) is 24.7 Å². The molecule has 0 atom stereocenters. The molecule has 0 saturated heterocycles. The number of hydrogen-bond donors (Lipinski definition) is 1. The molecule has 0 spiro atoms. The van der Waals surface area contributed by atoms with Crippen molar-refractivity contribution in [3.63, 3.8) is 0 Å². The topological polar surface area (TPSA) is 76.5 Å². The van der Waals surface area contributed by atoms with Crippen molar-refractivity contribution < 1.29 is 13.2 Å². The second-order valence-electron chi connectivity index (χ2n) is 5.65. The van der Waals surface area contributed by atoms with Crippen molar-refractivity contribution >= 4 is 22.6 Å². The molecule has 0 aliphatic rings. The minimum absolute atomic E-state index is 0.0403. The van der Waals surface area contributed by atoms with Crippen LogP contribution in [0.3, 0.4) is 0 Å². The van der Waals surface area contributed by atoms with E-state index in [9.17, 15) is 18.0 Å². The number of pyridine rings is 1. The Kier molecular flexibility index (Phi) is 4.57. The highest BCUT2D eigenvalue weighted by Gasteiger charge is 2.32. The van der Waals surface area contributed by atoms with Crippen LogP contribution in [0.5, 0.6) is 0 Å². The monoisotopic (exact) mass is 383 g/mol. The Bertz CT molecular complexity index is 1070. The van der Waals surface area contributed by atoms with Gasteiger partial charge in [0.05, 0.1) is 16.8 Å². The van der Waals surface area contributed by atoms with Gasteiger partial charge in [-0.2, -0.15) is 23.0 Å². The number of rotatable bonds is 3. The van der Waals surface area contributed by atoms with Crippen molar-refractivity contribution in [3.8, 4) is 5.82 Å². The van der Waals surface area contributed by atoms with Crippen LogP contribution in [0.25, 0.3) is 16.9 Å². The number of halogens is 4. The minimum Gasteiger partial charge on any atom is -0.310 e. The second-order valence-corrected chi connectivity index (χ2v) is 6.05. The third-order valence-corrected chi connectivity index (χ3v) is 4.05. The SMILES string of the molecule is C/C=C(\C)Cc1nc2c(cnn2-c2ncc(C(F)(F)F)cc2Cl)c(=O)[nH]1. The number of aromatic nitrogens is 5. The number of nitrogens with one attached hydrogen (secondary N) is 1. The van der Waals surface area contributed by atoms with Gasteiger partial charge in [0.15, 0.2) is 11.5 Å². The summed E-state index contributed by atoms with van der Waals surface area (Å²) in [5, 5.41) is 3.94. The highest BCUT2D eigenvalue weighted by Crippen LogP contribution is 2.32. The van der Waals surface area contributed by atoms with E-state index in [-0.39, 0.29) is 21.9 Å². The quantitative estimate of drug-likeness (QED) is 0.700. The molecule has 0 amide bonds. The molecule has 0 aliphatic carbocycles. The summed E-state index contributed by atoms with van der Waals surface area (Å²) in [6.07, 6.45) is -0.333. The highest BCUT2D eigenvalue weighted by molar-refractivity contribution is 6.32. The second kappa shape index (κ2) is 6.56. The van der Waals surface area contributed by atoms with Crippen molar-refractivity contribution in [2.75, 3.05) is 0 Å². The summed E-state index contributed by atoms with van der Waals surface area (Å²) in [6, 6.07) is 0.759. The molecule has 10 heteroatoms. The van der Waals surface area contributed by atoms with E-state index in [1.165, 1.54) is 6.20 Å². The summed E-state index contributed by atoms with van der Waals surface area (Å²) in [6.45, 7) is 3.75. The van der Waals surface area contributed by atoms with E-state index in [1.807, 2.05) is 19.9 Å². The normalized spacial score (nSPS) is 12.8. The van der Waals surface area contributed by atoms with Crippen LogP contribution in [0.15, 0.2) is 34.9 Å². The largest absolute Gasteiger partial charge is 0.417 e. The Morgan fingerprint density at radius 1 is 1.38 bits per heavy atom.